The van der Waals surface area contributed by atoms with Crippen LogP contribution in [0.2, 0.25) is 0 Å². The van der Waals surface area contributed by atoms with Crippen molar-refractivity contribution in [3.63, 3.8) is 0 Å². The summed E-state index contributed by atoms with van der Waals surface area (Å²) in [5, 5.41) is 12.7. The Balaban J connectivity index is 2.36. The maximum absolute atomic E-state index is 11.7. The fourth-order valence-corrected chi connectivity index (χ4v) is 3.43. The maximum atomic E-state index is 11.7. The predicted octanol–water partition coefficient (Wildman–Crippen LogP) is 1.56. The molecule has 0 aliphatic heterocycles. The number of rotatable bonds is 10. The van der Waals surface area contributed by atoms with Gasteiger partial charge >= 0.3 is 0 Å². The van der Waals surface area contributed by atoms with Gasteiger partial charge in [-0.25, -0.2) is 13.4 Å². The van der Waals surface area contributed by atoms with Gasteiger partial charge in [0.25, 0.3) is 0 Å². The first-order chi connectivity index (χ1) is 13.9. The summed E-state index contributed by atoms with van der Waals surface area (Å²) in [5.74, 6) is 1.32. The summed E-state index contributed by atoms with van der Waals surface area (Å²) in [7, 11) is -3.57. The number of aromatic nitrogens is 4. The molecular weight excluding hydrogens is 406 g/mol. The number of pyridine rings is 1. The molecule has 2 aromatic heterocycles. The minimum atomic E-state index is -3.57. The summed E-state index contributed by atoms with van der Waals surface area (Å²) in [4.78, 5) is 17.0. The van der Waals surface area contributed by atoms with Gasteiger partial charge in [-0.3, -0.25) is 4.72 Å². The number of sulfonamides is 1. The van der Waals surface area contributed by atoms with Crippen LogP contribution < -0.4 is 15.8 Å². The number of aliphatic hydroxyl groups is 1. The first kappa shape index (κ1) is 23.7. The Hall–Kier alpha value is -2.53. The first-order valence-corrected chi connectivity index (χ1v) is 11.6. The predicted molar refractivity (Wildman–Crippen MR) is 118 cm³/mol. The Morgan fingerprint density at radius 3 is 2.37 bits per heavy atom. The van der Waals surface area contributed by atoms with Crippen LogP contribution in [0.15, 0.2) is 18.3 Å². The van der Waals surface area contributed by atoms with Gasteiger partial charge in [-0.15, -0.1) is 0 Å². The zero-order valence-corrected chi connectivity index (χ0v) is 18.9. The Kier molecular flexibility index (Phi) is 7.54. The molecular formula is C19H31N7O3S. The molecule has 0 aliphatic carbocycles. The van der Waals surface area contributed by atoms with E-state index in [2.05, 4.69) is 30.0 Å². The molecule has 0 spiro atoms. The lowest BCUT2D eigenvalue weighted by molar-refractivity contribution is 0.259. The zero-order valence-electron chi connectivity index (χ0n) is 18.0. The molecule has 0 fully saturated rings. The van der Waals surface area contributed by atoms with Gasteiger partial charge in [0, 0.05) is 12.6 Å². The van der Waals surface area contributed by atoms with Crippen LogP contribution in [-0.2, 0) is 21.9 Å². The van der Waals surface area contributed by atoms with Gasteiger partial charge in [0.2, 0.25) is 21.9 Å². The lowest BCUT2D eigenvalue weighted by atomic mass is 9.82. The van der Waals surface area contributed by atoms with Crippen LogP contribution in [0.25, 0.3) is 0 Å². The van der Waals surface area contributed by atoms with E-state index in [1.165, 1.54) is 0 Å². The van der Waals surface area contributed by atoms with Crippen molar-refractivity contribution in [2.45, 2.75) is 52.0 Å². The van der Waals surface area contributed by atoms with E-state index in [0.29, 0.717) is 30.4 Å². The van der Waals surface area contributed by atoms with Crippen molar-refractivity contribution in [2.75, 3.05) is 28.6 Å². The van der Waals surface area contributed by atoms with Crippen LogP contribution in [0.1, 0.15) is 45.5 Å². The largest absolute Gasteiger partial charge is 0.394 e. The molecule has 0 aromatic carbocycles. The molecule has 30 heavy (non-hydrogen) atoms. The second-order valence-corrected chi connectivity index (χ2v) is 10.2. The highest BCUT2D eigenvalue weighted by Crippen LogP contribution is 2.27. The Morgan fingerprint density at radius 1 is 1.17 bits per heavy atom. The topological polar surface area (TPSA) is 156 Å². The highest BCUT2D eigenvalue weighted by molar-refractivity contribution is 7.91. The maximum Gasteiger partial charge on any atom is 0.241 e. The van der Waals surface area contributed by atoms with Crippen molar-refractivity contribution in [2.24, 2.45) is 5.92 Å². The van der Waals surface area contributed by atoms with E-state index in [4.69, 9.17) is 5.73 Å². The standard InChI is InChI=1S/C19H31N7O3S/c1-12(2)8-14(11-27)22-17-23-16(24-18(25-17)26-30(5,28)29)9-19(3,4)13-6-7-15(20)21-10-13/h6-7,10,12,14,27H,8-9,11H2,1-5H3,(H2,20,21)(H2,22,23,24,25,26)/t14-/m1/s1. The molecule has 1 atom stereocenters. The van der Waals surface area contributed by atoms with Crippen LogP contribution in [0.4, 0.5) is 17.7 Å². The van der Waals surface area contributed by atoms with Crippen LogP contribution in [-0.4, -0.2) is 52.4 Å². The third-order valence-electron chi connectivity index (χ3n) is 4.44. The lowest BCUT2D eigenvalue weighted by Crippen LogP contribution is -2.28. The van der Waals surface area contributed by atoms with Crippen LogP contribution in [0, 0.1) is 5.92 Å². The molecule has 0 saturated carbocycles. The summed E-state index contributed by atoms with van der Waals surface area (Å²) in [5.41, 5.74) is 6.23. The van der Waals surface area contributed by atoms with Crippen molar-refractivity contribution in [1.82, 2.24) is 19.9 Å². The summed E-state index contributed by atoms with van der Waals surface area (Å²) in [6, 6.07) is 3.36. The van der Waals surface area contributed by atoms with E-state index in [-0.39, 0.29) is 24.5 Å². The normalized spacial score (nSPS) is 13.3. The van der Waals surface area contributed by atoms with E-state index >= 15 is 0 Å². The monoisotopic (exact) mass is 437 g/mol. The number of hydrogen-bond acceptors (Lipinski definition) is 9. The van der Waals surface area contributed by atoms with Crippen LogP contribution >= 0.6 is 0 Å². The molecule has 2 rings (SSSR count). The molecule has 0 aliphatic rings. The molecule has 0 amide bonds. The van der Waals surface area contributed by atoms with Crippen molar-refractivity contribution < 1.29 is 13.5 Å². The van der Waals surface area contributed by atoms with Crippen molar-refractivity contribution in [3.8, 4) is 0 Å². The Bertz CT molecular complexity index is 947. The molecule has 2 heterocycles. The molecule has 166 valence electrons. The van der Waals surface area contributed by atoms with Gasteiger partial charge in [-0.05, 0) is 29.4 Å². The fourth-order valence-electron chi connectivity index (χ4n) is 3.01. The minimum absolute atomic E-state index is 0.0718. The second-order valence-electron chi connectivity index (χ2n) is 8.46. The average Bonchev–Trinajstić information content (AvgIpc) is 2.59. The van der Waals surface area contributed by atoms with E-state index in [9.17, 15) is 13.5 Å². The molecule has 0 unspecified atom stereocenters. The smallest absolute Gasteiger partial charge is 0.241 e. The number of nitrogen functional groups attached to an aromatic ring is 1. The molecule has 0 radical (unpaired) electrons. The SMILES string of the molecule is CC(C)C[C@H](CO)Nc1nc(CC(C)(C)c2ccc(N)nc2)nc(NS(C)(=O)=O)n1. The van der Waals surface area contributed by atoms with Crippen molar-refractivity contribution in [1.29, 1.82) is 0 Å². The quantitative estimate of drug-likeness (QED) is 0.433. The summed E-state index contributed by atoms with van der Waals surface area (Å²) in [6.45, 7) is 8.01. The molecule has 11 heteroatoms. The van der Waals surface area contributed by atoms with E-state index < -0.39 is 15.4 Å². The fraction of sp³-hybridized carbons (Fsp3) is 0.579. The van der Waals surface area contributed by atoms with Gasteiger partial charge in [-0.1, -0.05) is 33.8 Å². The lowest BCUT2D eigenvalue weighted by Gasteiger charge is -2.25. The molecule has 0 bridgehead atoms. The highest BCUT2D eigenvalue weighted by Gasteiger charge is 2.25. The van der Waals surface area contributed by atoms with Gasteiger partial charge < -0.3 is 16.2 Å². The number of anilines is 3. The minimum Gasteiger partial charge on any atom is -0.394 e. The molecule has 2 aromatic rings. The number of nitrogens with one attached hydrogen (secondary N) is 2. The number of hydrogen-bond donors (Lipinski definition) is 4. The van der Waals surface area contributed by atoms with Gasteiger partial charge in [0.1, 0.15) is 11.6 Å². The van der Waals surface area contributed by atoms with E-state index in [0.717, 1.165) is 11.8 Å². The highest BCUT2D eigenvalue weighted by atomic mass is 32.2. The molecule has 5 N–H and O–H groups in total. The van der Waals surface area contributed by atoms with Crippen molar-refractivity contribution in [3.05, 3.63) is 29.7 Å². The Labute approximate surface area is 177 Å². The third-order valence-corrected chi connectivity index (χ3v) is 4.99. The van der Waals surface area contributed by atoms with Gasteiger partial charge in [0.15, 0.2) is 0 Å². The van der Waals surface area contributed by atoms with E-state index in [1.54, 1.807) is 12.3 Å². The summed E-state index contributed by atoms with van der Waals surface area (Å²) >= 11 is 0. The number of nitrogens with two attached hydrogens (primary N) is 1. The Morgan fingerprint density at radius 2 is 1.83 bits per heavy atom. The van der Waals surface area contributed by atoms with Gasteiger partial charge in [0.05, 0.1) is 18.9 Å². The zero-order chi connectivity index (χ0) is 22.5. The average molecular weight is 438 g/mol. The third kappa shape index (κ3) is 7.38. The number of aliphatic hydroxyl groups excluding tert-OH is 1. The van der Waals surface area contributed by atoms with Crippen LogP contribution in [0.5, 0.6) is 0 Å². The molecule has 10 nitrogen and oxygen atoms in total. The van der Waals surface area contributed by atoms with Gasteiger partial charge in [-0.2, -0.15) is 15.0 Å². The molecule has 0 saturated heterocycles. The second kappa shape index (κ2) is 9.52. The summed E-state index contributed by atoms with van der Waals surface area (Å²) in [6.07, 6.45) is 3.84. The van der Waals surface area contributed by atoms with Crippen molar-refractivity contribution >= 4 is 27.7 Å². The van der Waals surface area contributed by atoms with Crippen LogP contribution in [0.3, 0.4) is 0 Å². The summed E-state index contributed by atoms with van der Waals surface area (Å²) < 4.78 is 25.7. The number of nitrogens with zero attached hydrogens (tertiary/aromatic N) is 4. The first-order valence-electron chi connectivity index (χ1n) is 9.70. The van der Waals surface area contributed by atoms with E-state index in [1.807, 2.05) is 33.8 Å².